The molecule has 0 saturated carbocycles. The van der Waals surface area contributed by atoms with Gasteiger partial charge < -0.3 is 4.90 Å². The van der Waals surface area contributed by atoms with Gasteiger partial charge >= 0.3 is 0 Å². The third-order valence-corrected chi connectivity index (χ3v) is 19.0. The maximum Gasteiger partial charge on any atom is 0.241 e. The fourth-order valence-corrected chi connectivity index (χ4v) is 16.6. The van der Waals surface area contributed by atoms with Gasteiger partial charge in [0, 0.05) is 20.2 Å². The van der Waals surface area contributed by atoms with Crippen molar-refractivity contribution in [3.8, 4) is 5.95 Å². The highest BCUT2D eigenvalue weighted by atomic mass is 32.1. The molecule has 2 unspecified atom stereocenters. The summed E-state index contributed by atoms with van der Waals surface area (Å²) in [6, 6.07) is 62.7. The highest BCUT2D eigenvalue weighted by molar-refractivity contribution is 7.30. The molecule has 0 saturated heterocycles. The summed E-state index contributed by atoms with van der Waals surface area (Å²) in [4.78, 5) is 32.5. The van der Waals surface area contributed by atoms with E-state index < -0.39 is 8.07 Å². The van der Waals surface area contributed by atoms with Gasteiger partial charge in [-0.05, 0) is 58.0 Å². The first kappa shape index (κ1) is 35.6. The van der Waals surface area contributed by atoms with Crippen molar-refractivity contribution in [2.24, 2.45) is 4.99 Å². The molecular weight excluding hydrogens is 823 g/mol. The van der Waals surface area contributed by atoms with Crippen LogP contribution in [0.2, 0.25) is 0 Å². The van der Waals surface area contributed by atoms with Crippen molar-refractivity contribution in [3.05, 3.63) is 200 Å². The zero-order chi connectivity index (χ0) is 41.9. The van der Waals surface area contributed by atoms with Crippen molar-refractivity contribution in [1.82, 2.24) is 28.9 Å². The lowest BCUT2D eigenvalue weighted by Crippen LogP contribution is -2.76. The smallest absolute Gasteiger partial charge is 0.241 e. The van der Waals surface area contributed by atoms with Crippen LogP contribution in [0.25, 0.3) is 54.0 Å². The monoisotopic (exact) mass is 857 g/mol. The number of para-hydroxylation sites is 6. The maximum atomic E-state index is 5.85. The number of aliphatic imine (C=N–C) groups is 1. The van der Waals surface area contributed by atoms with Crippen molar-refractivity contribution < 1.29 is 0 Å². The van der Waals surface area contributed by atoms with Crippen LogP contribution in [0.5, 0.6) is 0 Å². The SMILES string of the molecule is C1=CC2N=C3N(c4nc(-n5c6ccccc6n6c7ccccc7nc56)nc([Si](c5ccccc5)(c5ccccc5)c5cccc6c5sc5ccccc56)n4)c4ccccc4N3C2C=C1. The van der Waals surface area contributed by atoms with Crippen LogP contribution in [0.1, 0.15) is 0 Å². The van der Waals surface area contributed by atoms with E-state index in [1.54, 1.807) is 0 Å². The second-order valence-electron chi connectivity index (χ2n) is 16.5. The summed E-state index contributed by atoms with van der Waals surface area (Å²) < 4.78 is 6.83. The Labute approximate surface area is 371 Å². The van der Waals surface area contributed by atoms with E-state index in [0.717, 1.165) is 45.2 Å². The molecule has 0 bridgehead atoms. The highest BCUT2D eigenvalue weighted by Crippen LogP contribution is 2.46. The van der Waals surface area contributed by atoms with Crippen LogP contribution in [0.15, 0.2) is 205 Å². The highest BCUT2D eigenvalue weighted by Gasteiger charge is 2.49. The number of benzene rings is 7. The number of fused-ring (bicyclic) bond motifs is 13. The molecule has 0 spiro atoms. The lowest BCUT2D eigenvalue weighted by atomic mass is 10.0. The Kier molecular flexibility index (Phi) is 7.51. The molecule has 6 heterocycles. The number of anilines is 3. The second kappa shape index (κ2) is 13.5. The Morgan fingerprint density at radius 1 is 0.516 bits per heavy atom. The van der Waals surface area contributed by atoms with Crippen LogP contribution < -0.4 is 30.8 Å². The summed E-state index contributed by atoms with van der Waals surface area (Å²) in [6.45, 7) is 0. The molecule has 2 aliphatic heterocycles. The molecule has 4 aromatic heterocycles. The minimum atomic E-state index is -3.47. The van der Waals surface area contributed by atoms with E-state index in [-0.39, 0.29) is 12.1 Å². The first-order chi connectivity index (χ1) is 31.8. The molecule has 9 nitrogen and oxygen atoms in total. The van der Waals surface area contributed by atoms with Gasteiger partial charge in [0.2, 0.25) is 31.7 Å². The molecule has 64 heavy (non-hydrogen) atoms. The topological polar surface area (TPSA) is 79.7 Å². The van der Waals surface area contributed by atoms with Gasteiger partial charge in [-0.2, -0.15) is 4.98 Å². The van der Waals surface area contributed by atoms with E-state index in [1.807, 2.05) is 17.4 Å². The number of rotatable bonds is 6. The van der Waals surface area contributed by atoms with Gasteiger partial charge in [0.25, 0.3) is 0 Å². The fourth-order valence-electron chi connectivity index (χ4n) is 10.4. The van der Waals surface area contributed by atoms with Gasteiger partial charge in [0.15, 0.2) is 0 Å². The molecule has 1 aliphatic carbocycles. The average molecular weight is 858 g/mol. The normalized spacial score (nSPS) is 16.7. The van der Waals surface area contributed by atoms with Gasteiger partial charge in [-0.25, -0.2) is 29.4 Å². The van der Waals surface area contributed by atoms with E-state index in [2.05, 4.69) is 213 Å². The number of thiophene rings is 1. The lowest BCUT2D eigenvalue weighted by Gasteiger charge is -2.33. The molecular formula is C53H35N9SSi. The molecule has 302 valence electrons. The van der Waals surface area contributed by atoms with Crippen LogP contribution >= 0.6 is 11.3 Å². The van der Waals surface area contributed by atoms with Crippen molar-refractivity contribution >= 4 is 112 Å². The minimum Gasteiger partial charge on any atom is -0.300 e. The Hall–Kier alpha value is -7.99. The first-order valence-electron chi connectivity index (χ1n) is 21.5. The van der Waals surface area contributed by atoms with Crippen molar-refractivity contribution in [3.63, 3.8) is 0 Å². The van der Waals surface area contributed by atoms with Crippen LogP contribution in [-0.2, 0) is 0 Å². The van der Waals surface area contributed by atoms with Gasteiger partial charge in [-0.1, -0.05) is 158 Å². The number of aromatic nitrogens is 6. The van der Waals surface area contributed by atoms with E-state index in [4.69, 9.17) is 24.9 Å². The predicted octanol–water partition coefficient (Wildman–Crippen LogP) is 8.55. The van der Waals surface area contributed by atoms with Crippen molar-refractivity contribution in [2.45, 2.75) is 12.1 Å². The van der Waals surface area contributed by atoms with Gasteiger partial charge in [0.1, 0.15) is 5.45 Å². The van der Waals surface area contributed by atoms with Crippen LogP contribution in [0.3, 0.4) is 0 Å². The minimum absolute atomic E-state index is 0.0324. The standard InChI is InChI=1S/C53H35N9SSi/c1-3-18-34(19-4-1)64(35-20-5-2-6-21-35,47-33-17-23-37-36-22-7-16-32-46(36)63-48(37)47)51-57-49(61-44-30-14-12-28-42(44)59-40-26-10-8-24-38(40)54-52(59)61)56-50(58-51)62-45-31-15-13-29-43(45)60-41-27-11-9-25-39(41)55-53(60)62/h1-33,38,40H. The Bertz CT molecular complexity index is 3750. The number of hydrogen-bond donors (Lipinski definition) is 0. The Morgan fingerprint density at radius 2 is 1.17 bits per heavy atom. The van der Waals surface area contributed by atoms with Gasteiger partial charge in [-0.3, -0.25) is 4.40 Å². The number of nitrogens with zero attached hydrogens (tertiary/aromatic N) is 9. The molecule has 11 aromatic rings. The summed E-state index contributed by atoms with van der Waals surface area (Å²) in [5, 5.41) is 6.04. The number of guanidine groups is 1. The van der Waals surface area contributed by atoms with E-state index in [1.165, 1.54) is 35.7 Å². The molecule has 0 amide bonds. The Balaban J connectivity index is 1.15. The third-order valence-electron chi connectivity index (χ3n) is 13.1. The van der Waals surface area contributed by atoms with Crippen molar-refractivity contribution in [1.29, 1.82) is 0 Å². The molecule has 14 rings (SSSR count). The number of allylic oxidation sites excluding steroid dienone is 2. The zero-order valence-corrected chi connectivity index (χ0v) is 36.0. The molecule has 0 fully saturated rings. The van der Waals surface area contributed by atoms with E-state index in [0.29, 0.717) is 17.3 Å². The van der Waals surface area contributed by atoms with E-state index >= 15 is 0 Å². The van der Waals surface area contributed by atoms with Crippen LogP contribution in [0.4, 0.5) is 17.3 Å². The zero-order valence-electron chi connectivity index (χ0n) is 34.1. The number of hydrogen-bond acceptors (Lipinski definition) is 8. The van der Waals surface area contributed by atoms with Gasteiger partial charge in [-0.15, -0.1) is 11.3 Å². The fraction of sp³-hybridized carbons (Fsp3) is 0.0377. The largest absolute Gasteiger partial charge is 0.300 e. The number of imidazole rings is 2. The lowest BCUT2D eigenvalue weighted by molar-refractivity contribution is 0.741. The predicted molar refractivity (Wildman–Crippen MR) is 264 cm³/mol. The first-order valence-corrected chi connectivity index (χ1v) is 24.3. The molecule has 11 heteroatoms. The quantitative estimate of drug-likeness (QED) is 0.123. The molecule has 0 radical (unpaired) electrons. The van der Waals surface area contributed by atoms with Crippen LogP contribution in [0, 0.1) is 0 Å². The van der Waals surface area contributed by atoms with Crippen LogP contribution in [-0.4, -0.2) is 55.0 Å². The Morgan fingerprint density at radius 3 is 2.00 bits per heavy atom. The molecule has 7 aromatic carbocycles. The molecule has 3 aliphatic rings. The van der Waals surface area contributed by atoms with Gasteiger partial charge in [0.05, 0.1) is 45.5 Å². The molecule has 0 N–H and O–H groups in total. The third kappa shape index (κ3) is 4.84. The molecule has 2 atom stereocenters. The second-order valence-corrected chi connectivity index (χ2v) is 21.1. The summed E-state index contributed by atoms with van der Waals surface area (Å²) in [5.41, 5.74) is 6.62. The summed E-state index contributed by atoms with van der Waals surface area (Å²) in [7, 11) is -3.47. The average Bonchev–Trinajstić information content (AvgIpc) is 4.16. The van der Waals surface area contributed by atoms with Crippen molar-refractivity contribution in [2.75, 3.05) is 9.80 Å². The summed E-state index contributed by atoms with van der Waals surface area (Å²) in [6.07, 6.45) is 8.63. The maximum absolute atomic E-state index is 5.85. The van der Waals surface area contributed by atoms with E-state index in [9.17, 15) is 0 Å². The summed E-state index contributed by atoms with van der Waals surface area (Å²) >= 11 is 1.85. The summed E-state index contributed by atoms with van der Waals surface area (Å²) in [5.74, 6) is 2.51.